The molecule has 1 aromatic carbocycles. The van der Waals surface area contributed by atoms with Crippen molar-refractivity contribution < 1.29 is 14.6 Å². The second-order valence-electron chi connectivity index (χ2n) is 6.09. The molecule has 0 aliphatic carbocycles. The summed E-state index contributed by atoms with van der Waals surface area (Å²) in [6.07, 6.45) is 2.10. The third kappa shape index (κ3) is 3.51. The van der Waals surface area contributed by atoms with Crippen molar-refractivity contribution in [2.45, 2.75) is 31.0 Å². The summed E-state index contributed by atoms with van der Waals surface area (Å²) in [6.45, 7) is 2.38. The van der Waals surface area contributed by atoms with E-state index < -0.39 is 11.7 Å². The number of anilines is 1. The minimum absolute atomic E-state index is 0.0353. The topological polar surface area (TPSA) is 61.8 Å². The summed E-state index contributed by atoms with van der Waals surface area (Å²) in [5.74, 6) is -0.0353. The minimum Gasteiger partial charge on any atom is -0.390 e. The Morgan fingerprint density at radius 3 is 2.91 bits per heavy atom. The van der Waals surface area contributed by atoms with Crippen LogP contribution in [-0.4, -0.2) is 53.9 Å². The van der Waals surface area contributed by atoms with Crippen molar-refractivity contribution in [1.29, 1.82) is 0 Å². The Labute approximate surface area is 138 Å². The predicted molar refractivity (Wildman–Crippen MR) is 87.8 cm³/mol. The van der Waals surface area contributed by atoms with Crippen molar-refractivity contribution in [3.63, 3.8) is 0 Å². The van der Waals surface area contributed by atoms with Gasteiger partial charge in [-0.3, -0.25) is 9.69 Å². The highest BCUT2D eigenvalue weighted by atomic mass is 79.9. The average Bonchev–Trinajstić information content (AvgIpc) is 2.95. The van der Waals surface area contributed by atoms with Crippen LogP contribution in [-0.2, 0) is 9.53 Å². The second kappa shape index (κ2) is 6.66. The Morgan fingerprint density at radius 2 is 2.23 bits per heavy atom. The number of carbonyl (C=O) groups is 1. The Morgan fingerprint density at radius 1 is 1.45 bits per heavy atom. The van der Waals surface area contributed by atoms with Gasteiger partial charge in [0.25, 0.3) is 0 Å². The minimum atomic E-state index is -0.462. The number of nitrogens with one attached hydrogen (secondary N) is 1. The van der Waals surface area contributed by atoms with E-state index in [1.807, 2.05) is 24.3 Å². The van der Waals surface area contributed by atoms with Gasteiger partial charge in [0.05, 0.1) is 12.6 Å². The lowest BCUT2D eigenvalue weighted by Gasteiger charge is -2.42. The molecule has 120 valence electrons. The van der Waals surface area contributed by atoms with Gasteiger partial charge in [0.2, 0.25) is 5.91 Å². The second-order valence-corrected chi connectivity index (χ2v) is 7.00. The number of hydrogen-bond acceptors (Lipinski definition) is 4. The fourth-order valence-electron chi connectivity index (χ4n) is 3.31. The van der Waals surface area contributed by atoms with Crippen molar-refractivity contribution in [2.75, 3.05) is 31.6 Å². The Bertz CT molecular complexity index is 529. The van der Waals surface area contributed by atoms with Crippen LogP contribution >= 0.6 is 15.9 Å². The van der Waals surface area contributed by atoms with Crippen molar-refractivity contribution in [2.24, 2.45) is 0 Å². The molecule has 2 saturated heterocycles. The molecule has 3 rings (SSSR count). The molecule has 1 amide bonds. The molecule has 0 unspecified atom stereocenters. The van der Waals surface area contributed by atoms with Crippen molar-refractivity contribution in [3.8, 4) is 0 Å². The van der Waals surface area contributed by atoms with Crippen LogP contribution in [0.2, 0.25) is 0 Å². The fraction of sp³-hybridized carbons (Fsp3) is 0.562. The quantitative estimate of drug-likeness (QED) is 0.856. The molecule has 2 fully saturated rings. The van der Waals surface area contributed by atoms with E-state index >= 15 is 0 Å². The smallest absolute Gasteiger partial charge is 0.238 e. The van der Waals surface area contributed by atoms with Crippen LogP contribution in [0.1, 0.15) is 19.3 Å². The Kier molecular flexibility index (Phi) is 4.82. The molecule has 22 heavy (non-hydrogen) atoms. The van der Waals surface area contributed by atoms with Gasteiger partial charge >= 0.3 is 0 Å². The van der Waals surface area contributed by atoms with Crippen LogP contribution in [0.3, 0.4) is 0 Å². The van der Waals surface area contributed by atoms with E-state index in [9.17, 15) is 9.90 Å². The van der Waals surface area contributed by atoms with Gasteiger partial charge in [-0.05, 0) is 43.5 Å². The SMILES string of the molecule is O=C(CN1CC[C@H](O)[C@]2(CCCO2)C1)Nc1ccc(Br)cc1. The van der Waals surface area contributed by atoms with E-state index in [2.05, 4.69) is 26.1 Å². The molecule has 1 aromatic rings. The molecule has 0 aromatic heterocycles. The number of carbonyl (C=O) groups excluding carboxylic acids is 1. The largest absolute Gasteiger partial charge is 0.390 e. The zero-order chi connectivity index (χ0) is 15.6. The van der Waals surface area contributed by atoms with Crippen LogP contribution in [0.15, 0.2) is 28.7 Å². The first-order valence-electron chi connectivity index (χ1n) is 7.67. The molecule has 5 nitrogen and oxygen atoms in total. The molecule has 2 N–H and O–H groups in total. The van der Waals surface area contributed by atoms with Gasteiger partial charge in [-0.2, -0.15) is 0 Å². The van der Waals surface area contributed by atoms with Crippen LogP contribution in [0.25, 0.3) is 0 Å². The monoisotopic (exact) mass is 368 g/mol. The molecule has 0 radical (unpaired) electrons. The summed E-state index contributed by atoms with van der Waals surface area (Å²) in [5, 5.41) is 13.1. The van der Waals surface area contributed by atoms with E-state index in [0.29, 0.717) is 26.1 Å². The number of rotatable bonds is 3. The van der Waals surface area contributed by atoms with Gasteiger partial charge in [0.1, 0.15) is 5.60 Å². The molecule has 2 atom stereocenters. The van der Waals surface area contributed by atoms with E-state index in [4.69, 9.17) is 4.74 Å². The number of ether oxygens (including phenoxy) is 1. The van der Waals surface area contributed by atoms with E-state index in [1.54, 1.807) is 0 Å². The number of aliphatic hydroxyl groups is 1. The molecule has 2 heterocycles. The van der Waals surface area contributed by atoms with Gasteiger partial charge in [-0.1, -0.05) is 15.9 Å². The normalized spacial score (nSPS) is 28.9. The van der Waals surface area contributed by atoms with E-state index in [0.717, 1.165) is 29.5 Å². The zero-order valence-corrected chi connectivity index (χ0v) is 14.0. The molecule has 1 spiro atoms. The summed E-state index contributed by atoms with van der Waals surface area (Å²) < 4.78 is 6.79. The lowest BCUT2D eigenvalue weighted by Crippen LogP contribution is -2.57. The first-order chi connectivity index (χ1) is 10.6. The van der Waals surface area contributed by atoms with Crippen LogP contribution in [0.5, 0.6) is 0 Å². The number of benzene rings is 1. The molecular formula is C16H21BrN2O3. The summed E-state index contributed by atoms with van der Waals surface area (Å²) in [6, 6.07) is 7.52. The number of hydrogen-bond donors (Lipinski definition) is 2. The summed E-state index contributed by atoms with van der Waals surface area (Å²) in [7, 11) is 0. The maximum atomic E-state index is 12.2. The van der Waals surface area contributed by atoms with E-state index in [-0.39, 0.29) is 5.91 Å². The van der Waals surface area contributed by atoms with Crippen molar-refractivity contribution in [3.05, 3.63) is 28.7 Å². The molecule has 6 heteroatoms. The maximum absolute atomic E-state index is 12.2. The number of aliphatic hydroxyl groups excluding tert-OH is 1. The lowest BCUT2D eigenvalue weighted by atomic mass is 9.87. The molecule has 0 saturated carbocycles. The number of nitrogens with zero attached hydrogens (tertiary/aromatic N) is 1. The Balaban J connectivity index is 1.56. The predicted octanol–water partition coefficient (Wildman–Crippen LogP) is 2.00. The van der Waals surface area contributed by atoms with Crippen molar-refractivity contribution in [1.82, 2.24) is 4.90 Å². The van der Waals surface area contributed by atoms with Crippen molar-refractivity contribution >= 4 is 27.5 Å². The standard InChI is InChI=1S/C16H21BrN2O3/c17-12-2-4-13(5-3-12)18-15(21)10-19-8-6-14(20)16(11-19)7-1-9-22-16/h2-5,14,20H,1,6-11H2,(H,18,21)/t14-,16-/m0/s1. The zero-order valence-electron chi connectivity index (χ0n) is 12.4. The highest BCUT2D eigenvalue weighted by Gasteiger charge is 2.46. The Hall–Kier alpha value is -0.950. The summed E-state index contributed by atoms with van der Waals surface area (Å²) >= 11 is 3.37. The van der Waals surface area contributed by atoms with Gasteiger partial charge in [-0.25, -0.2) is 0 Å². The third-order valence-electron chi connectivity index (χ3n) is 4.45. The maximum Gasteiger partial charge on any atom is 0.238 e. The molecule has 2 aliphatic rings. The number of halogens is 1. The van der Waals surface area contributed by atoms with Gasteiger partial charge in [0.15, 0.2) is 0 Å². The summed E-state index contributed by atoms with van der Waals surface area (Å²) in [5.41, 5.74) is 0.327. The van der Waals surface area contributed by atoms with Gasteiger partial charge < -0.3 is 15.2 Å². The molecule has 0 bridgehead atoms. The first kappa shape index (κ1) is 15.9. The van der Waals surface area contributed by atoms with E-state index in [1.165, 1.54) is 0 Å². The highest BCUT2D eigenvalue weighted by molar-refractivity contribution is 9.10. The van der Waals surface area contributed by atoms with Gasteiger partial charge in [0, 0.05) is 29.9 Å². The highest BCUT2D eigenvalue weighted by Crippen LogP contribution is 2.34. The van der Waals surface area contributed by atoms with Crippen LogP contribution < -0.4 is 5.32 Å². The summed E-state index contributed by atoms with van der Waals surface area (Å²) in [4.78, 5) is 14.3. The number of likely N-dealkylation sites (tertiary alicyclic amines) is 1. The first-order valence-corrected chi connectivity index (χ1v) is 8.46. The van der Waals surface area contributed by atoms with Gasteiger partial charge in [-0.15, -0.1) is 0 Å². The van der Waals surface area contributed by atoms with Crippen LogP contribution in [0.4, 0.5) is 5.69 Å². The fourth-order valence-corrected chi connectivity index (χ4v) is 3.57. The van der Waals surface area contributed by atoms with Crippen LogP contribution in [0, 0.1) is 0 Å². The lowest BCUT2D eigenvalue weighted by molar-refractivity contribution is -0.137. The average molecular weight is 369 g/mol. The molecule has 2 aliphatic heterocycles. The number of piperidine rings is 1. The number of amides is 1. The molecular weight excluding hydrogens is 348 g/mol. The third-order valence-corrected chi connectivity index (χ3v) is 4.97.